The van der Waals surface area contributed by atoms with E-state index < -0.39 is 0 Å². The number of likely N-dealkylation sites (N-methyl/N-ethyl adjacent to an activating group) is 1. The van der Waals surface area contributed by atoms with Crippen LogP contribution in [0.4, 0.5) is 5.69 Å². The molecule has 0 radical (unpaired) electrons. The van der Waals surface area contributed by atoms with Crippen molar-refractivity contribution in [2.45, 2.75) is 20.3 Å². The monoisotopic (exact) mass is 285 g/mol. The minimum atomic E-state index is 1.06. The summed E-state index contributed by atoms with van der Waals surface area (Å²) in [4.78, 5) is 9.05. The Bertz CT molecular complexity index is 506. The van der Waals surface area contributed by atoms with Crippen molar-refractivity contribution in [2.75, 3.05) is 45.2 Å². The molecule has 0 aromatic heterocycles. The molecule has 0 N–H and O–H groups in total. The topological polar surface area (TPSA) is 18.8 Å². The Morgan fingerprint density at radius 1 is 1.14 bits per heavy atom. The van der Waals surface area contributed by atoms with E-state index in [1.807, 2.05) is 13.3 Å². The molecule has 1 aliphatic heterocycles. The second-order valence-corrected chi connectivity index (χ2v) is 5.77. The first kappa shape index (κ1) is 15.8. The van der Waals surface area contributed by atoms with Gasteiger partial charge in [-0.15, -0.1) is 0 Å². The first-order valence-corrected chi connectivity index (χ1v) is 7.81. The highest BCUT2D eigenvalue weighted by molar-refractivity contribution is 6.10. The zero-order valence-electron chi connectivity index (χ0n) is 13.8. The molecule has 0 atom stereocenters. The van der Waals surface area contributed by atoms with Gasteiger partial charge in [-0.3, -0.25) is 4.99 Å². The van der Waals surface area contributed by atoms with Gasteiger partial charge in [0, 0.05) is 45.1 Å². The number of hydrogen-bond acceptors (Lipinski definition) is 3. The normalized spacial score (nSPS) is 18.2. The van der Waals surface area contributed by atoms with Gasteiger partial charge in [0.25, 0.3) is 0 Å². The molecule has 1 saturated heterocycles. The zero-order chi connectivity index (χ0) is 15.2. The van der Waals surface area contributed by atoms with Crippen molar-refractivity contribution >= 4 is 17.5 Å². The van der Waals surface area contributed by atoms with E-state index in [1.165, 1.54) is 22.4 Å². The van der Waals surface area contributed by atoms with Crippen LogP contribution in [0.5, 0.6) is 0 Å². The van der Waals surface area contributed by atoms with Gasteiger partial charge in [0.15, 0.2) is 0 Å². The number of allylic oxidation sites excluding steroid dienone is 2. The van der Waals surface area contributed by atoms with Gasteiger partial charge in [-0.1, -0.05) is 24.6 Å². The number of piperazine rings is 1. The third-order valence-corrected chi connectivity index (χ3v) is 4.30. The molecule has 3 heteroatoms. The molecule has 3 nitrogen and oxygen atoms in total. The van der Waals surface area contributed by atoms with Crippen molar-refractivity contribution < 1.29 is 0 Å². The standard InChI is InChI=1S/C18H27N3/c1-5-15(2)18(14-19-3)16-6-8-17(9-7-16)21-12-10-20(4)11-13-21/h6-9,14H,5,10-13H2,1-4H3/b18-15+,19-14?. The van der Waals surface area contributed by atoms with Crippen LogP contribution < -0.4 is 4.90 Å². The van der Waals surface area contributed by atoms with Gasteiger partial charge >= 0.3 is 0 Å². The summed E-state index contributed by atoms with van der Waals surface area (Å²) in [7, 11) is 4.02. The molecule has 0 amide bonds. The highest BCUT2D eigenvalue weighted by Crippen LogP contribution is 2.23. The minimum Gasteiger partial charge on any atom is -0.369 e. The van der Waals surface area contributed by atoms with Gasteiger partial charge in [0.2, 0.25) is 0 Å². The first-order chi connectivity index (χ1) is 10.2. The number of anilines is 1. The van der Waals surface area contributed by atoms with Crippen molar-refractivity contribution in [1.82, 2.24) is 4.90 Å². The predicted molar refractivity (Wildman–Crippen MR) is 93.5 cm³/mol. The van der Waals surface area contributed by atoms with Crippen LogP contribution in [0.3, 0.4) is 0 Å². The van der Waals surface area contributed by atoms with E-state index in [-0.39, 0.29) is 0 Å². The lowest BCUT2D eigenvalue weighted by atomic mass is 9.99. The zero-order valence-corrected chi connectivity index (χ0v) is 13.8. The lowest BCUT2D eigenvalue weighted by Gasteiger charge is -2.34. The molecule has 0 bridgehead atoms. The summed E-state index contributed by atoms with van der Waals surface area (Å²) in [6.45, 7) is 8.89. The Hall–Kier alpha value is -1.61. The molecule has 2 rings (SSSR count). The van der Waals surface area contributed by atoms with Gasteiger partial charge < -0.3 is 9.80 Å². The van der Waals surface area contributed by atoms with Crippen molar-refractivity contribution in [3.05, 3.63) is 35.4 Å². The fraction of sp³-hybridized carbons (Fsp3) is 0.500. The summed E-state index contributed by atoms with van der Waals surface area (Å²) < 4.78 is 0. The molecule has 114 valence electrons. The van der Waals surface area contributed by atoms with Crippen LogP contribution in [0.25, 0.3) is 5.57 Å². The highest BCUT2D eigenvalue weighted by atomic mass is 15.2. The van der Waals surface area contributed by atoms with Crippen LogP contribution in [0, 0.1) is 0 Å². The maximum Gasteiger partial charge on any atom is 0.0367 e. The third kappa shape index (κ3) is 3.94. The van der Waals surface area contributed by atoms with Crippen LogP contribution in [-0.2, 0) is 0 Å². The summed E-state index contributed by atoms with van der Waals surface area (Å²) in [5.74, 6) is 0. The lowest BCUT2D eigenvalue weighted by molar-refractivity contribution is 0.313. The lowest BCUT2D eigenvalue weighted by Crippen LogP contribution is -2.44. The average Bonchev–Trinajstić information content (AvgIpc) is 2.53. The molecular weight excluding hydrogens is 258 g/mol. The molecule has 1 aromatic carbocycles. The molecule has 0 unspecified atom stereocenters. The quantitative estimate of drug-likeness (QED) is 0.790. The average molecular weight is 285 g/mol. The smallest absolute Gasteiger partial charge is 0.0367 e. The van der Waals surface area contributed by atoms with Crippen molar-refractivity contribution in [3.63, 3.8) is 0 Å². The molecule has 1 aliphatic rings. The Morgan fingerprint density at radius 3 is 2.29 bits per heavy atom. The van der Waals surface area contributed by atoms with Crippen molar-refractivity contribution in [3.8, 4) is 0 Å². The van der Waals surface area contributed by atoms with E-state index in [9.17, 15) is 0 Å². The minimum absolute atomic E-state index is 1.06. The van der Waals surface area contributed by atoms with E-state index in [1.54, 1.807) is 0 Å². The summed E-state index contributed by atoms with van der Waals surface area (Å²) in [6, 6.07) is 8.94. The fourth-order valence-corrected chi connectivity index (χ4v) is 2.67. The van der Waals surface area contributed by atoms with Gasteiger partial charge in [-0.2, -0.15) is 0 Å². The number of nitrogens with zero attached hydrogens (tertiary/aromatic N) is 3. The molecule has 21 heavy (non-hydrogen) atoms. The van der Waals surface area contributed by atoms with Gasteiger partial charge in [0.1, 0.15) is 0 Å². The number of benzene rings is 1. The highest BCUT2D eigenvalue weighted by Gasteiger charge is 2.14. The Balaban J connectivity index is 2.18. The van der Waals surface area contributed by atoms with E-state index in [2.05, 4.69) is 60.0 Å². The Kier molecular flexibility index (Phi) is 5.57. The molecule has 1 aromatic rings. The molecule has 1 heterocycles. The molecule has 0 aliphatic carbocycles. The molecule has 1 fully saturated rings. The summed E-state index contributed by atoms with van der Waals surface area (Å²) in [5.41, 5.74) is 5.23. The van der Waals surface area contributed by atoms with Crippen LogP contribution in [0.2, 0.25) is 0 Å². The summed E-state index contributed by atoms with van der Waals surface area (Å²) in [5, 5.41) is 0. The van der Waals surface area contributed by atoms with E-state index in [0.29, 0.717) is 0 Å². The van der Waals surface area contributed by atoms with E-state index >= 15 is 0 Å². The largest absolute Gasteiger partial charge is 0.369 e. The third-order valence-electron chi connectivity index (χ3n) is 4.30. The Morgan fingerprint density at radius 2 is 1.76 bits per heavy atom. The Labute approximate surface area is 129 Å². The van der Waals surface area contributed by atoms with Crippen LogP contribution >= 0.6 is 0 Å². The predicted octanol–water partition coefficient (Wildman–Crippen LogP) is 3.32. The molecular formula is C18H27N3. The molecule has 0 spiro atoms. The number of hydrogen-bond donors (Lipinski definition) is 0. The second kappa shape index (κ2) is 7.41. The van der Waals surface area contributed by atoms with Crippen LogP contribution in [-0.4, -0.2) is 51.4 Å². The number of rotatable bonds is 4. The SMILES string of the molecule is CC/C(C)=C(\C=NC)c1ccc(N2CCN(C)CC2)cc1. The van der Waals surface area contributed by atoms with Crippen LogP contribution in [0.1, 0.15) is 25.8 Å². The molecule has 0 saturated carbocycles. The van der Waals surface area contributed by atoms with Crippen LogP contribution in [0.15, 0.2) is 34.8 Å². The van der Waals surface area contributed by atoms with E-state index in [0.717, 1.165) is 32.6 Å². The maximum atomic E-state index is 4.20. The van der Waals surface area contributed by atoms with Crippen molar-refractivity contribution in [2.24, 2.45) is 4.99 Å². The summed E-state index contributed by atoms with van der Waals surface area (Å²) in [6.07, 6.45) is 3.03. The van der Waals surface area contributed by atoms with Gasteiger partial charge in [-0.05, 0) is 43.7 Å². The fourth-order valence-electron chi connectivity index (χ4n) is 2.67. The van der Waals surface area contributed by atoms with Crippen molar-refractivity contribution in [1.29, 1.82) is 0 Å². The number of aliphatic imine (C=N–C) groups is 1. The first-order valence-electron chi connectivity index (χ1n) is 7.81. The maximum absolute atomic E-state index is 4.20. The van der Waals surface area contributed by atoms with Gasteiger partial charge in [0.05, 0.1) is 0 Å². The van der Waals surface area contributed by atoms with E-state index in [4.69, 9.17) is 0 Å². The summed E-state index contributed by atoms with van der Waals surface area (Å²) >= 11 is 0. The second-order valence-electron chi connectivity index (χ2n) is 5.77. The van der Waals surface area contributed by atoms with Gasteiger partial charge in [-0.25, -0.2) is 0 Å².